The molecule has 0 amide bonds. The molecule has 84 valence electrons. The predicted octanol–water partition coefficient (Wildman–Crippen LogP) is 2.67. The molecule has 1 rings (SSSR count). The first-order valence-corrected chi connectivity index (χ1v) is 5.82. The highest BCUT2D eigenvalue weighted by atomic mass is 16.5. The quantitative estimate of drug-likeness (QED) is 0.693. The molecule has 0 aromatic heterocycles. The lowest BCUT2D eigenvalue weighted by atomic mass is 10.0. The Labute approximate surface area is 88.6 Å². The minimum atomic E-state index is -0.00981. The topological polar surface area (TPSA) is 12.5 Å². The largest absolute Gasteiger partial charge is 0.371 e. The zero-order chi connectivity index (χ0) is 10.8. The van der Waals surface area contributed by atoms with E-state index in [0.717, 1.165) is 6.42 Å². The van der Waals surface area contributed by atoms with Gasteiger partial charge in [0.1, 0.15) is 0 Å². The molecule has 1 saturated heterocycles. The van der Waals surface area contributed by atoms with E-state index in [0.29, 0.717) is 12.1 Å². The molecule has 0 aliphatic carbocycles. The maximum atomic E-state index is 6.10. The Hall–Kier alpha value is -0.0800. The maximum absolute atomic E-state index is 6.10. The summed E-state index contributed by atoms with van der Waals surface area (Å²) in [6, 6.07) is 0.638. The van der Waals surface area contributed by atoms with Gasteiger partial charge in [0.25, 0.3) is 0 Å². The molecule has 0 unspecified atom stereocenters. The van der Waals surface area contributed by atoms with E-state index >= 15 is 0 Å². The standard InChI is InChI=1S/C12H25NO/c1-6-11(14-12(2,3)4)10-8-7-9-13(10)5/h10-11H,6-9H2,1-5H3/t10-,11+/m0/s1. The van der Waals surface area contributed by atoms with Gasteiger partial charge in [0.2, 0.25) is 0 Å². The first kappa shape index (κ1) is 12.0. The second kappa shape index (κ2) is 4.63. The summed E-state index contributed by atoms with van der Waals surface area (Å²) in [6.07, 6.45) is 4.14. The fourth-order valence-corrected chi connectivity index (χ4v) is 2.29. The molecular weight excluding hydrogens is 174 g/mol. The van der Waals surface area contributed by atoms with Crippen LogP contribution in [0.5, 0.6) is 0 Å². The maximum Gasteiger partial charge on any atom is 0.0734 e. The first-order valence-electron chi connectivity index (χ1n) is 5.82. The van der Waals surface area contributed by atoms with Crippen molar-refractivity contribution >= 4 is 0 Å². The lowest BCUT2D eigenvalue weighted by Crippen LogP contribution is -2.41. The van der Waals surface area contributed by atoms with Gasteiger partial charge < -0.3 is 9.64 Å². The van der Waals surface area contributed by atoms with Gasteiger partial charge in [-0.15, -0.1) is 0 Å². The number of hydrogen-bond donors (Lipinski definition) is 0. The minimum Gasteiger partial charge on any atom is -0.371 e. The molecule has 0 radical (unpaired) electrons. The van der Waals surface area contributed by atoms with Crippen molar-refractivity contribution < 1.29 is 4.74 Å². The third kappa shape index (κ3) is 3.25. The molecule has 0 aromatic carbocycles. The van der Waals surface area contributed by atoms with Gasteiger partial charge in [0.05, 0.1) is 11.7 Å². The first-order chi connectivity index (χ1) is 6.44. The number of likely N-dealkylation sites (tertiary alicyclic amines) is 1. The molecule has 2 atom stereocenters. The third-order valence-electron chi connectivity index (χ3n) is 2.91. The third-order valence-corrected chi connectivity index (χ3v) is 2.91. The smallest absolute Gasteiger partial charge is 0.0734 e. The monoisotopic (exact) mass is 199 g/mol. The molecule has 0 saturated carbocycles. The summed E-state index contributed by atoms with van der Waals surface area (Å²) >= 11 is 0. The Morgan fingerprint density at radius 2 is 2.07 bits per heavy atom. The summed E-state index contributed by atoms with van der Waals surface area (Å²) in [5.74, 6) is 0. The molecule has 1 aliphatic rings. The molecule has 2 nitrogen and oxygen atoms in total. The molecule has 0 aromatic rings. The highest BCUT2D eigenvalue weighted by Crippen LogP contribution is 2.25. The second-order valence-corrected chi connectivity index (χ2v) is 5.37. The van der Waals surface area contributed by atoms with Gasteiger partial charge in [-0.2, -0.15) is 0 Å². The highest BCUT2D eigenvalue weighted by molar-refractivity contribution is 4.84. The highest BCUT2D eigenvalue weighted by Gasteiger charge is 2.31. The fraction of sp³-hybridized carbons (Fsp3) is 1.00. The average Bonchev–Trinajstić information content (AvgIpc) is 2.45. The average molecular weight is 199 g/mol. The number of rotatable bonds is 3. The van der Waals surface area contributed by atoms with Gasteiger partial charge in [0, 0.05) is 6.04 Å². The van der Waals surface area contributed by atoms with E-state index in [-0.39, 0.29) is 5.60 Å². The van der Waals surface area contributed by atoms with Crippen molar-refractivity contribution in [2.24, 2.45) is 0 Å². The van der Waals surface area contributed by atoms with Crippen molar-refractivity contribution in [1.29, 1.82) is 0 Å². The van der Waals surface area contributed by atoms with Crippen molar-refractivity contribution in [3.05, 3.63) is 0 Å². The van der Waals surface area contributed by atoms with E-state index in [1.54, 1.807) is 0 Å². The summed E-state index contributed by atoms with van der Waals surface area (Å²) in [7, 11) is 2.21. The van der Waals surface area contributed by atoms with E-state index in [1.165, 1.54) is 19.4 Å². The van der Waals surface area contributed by atoms with E-state index in [2.05, 4.69) is 39.6 Å². The lowest BCUT2D eigenvalue weighted by Gasteiger charge is -2.34. The number of hydrogen-bond acceptors (Lipinski definition) is 2. The van der Waals surface area contributed by atoms with Gasteiger partial charge in [0.15, 0.2) is 0 Å². The summed E-state index contributed by atoms with van der Waals surface area (Å²) < 4.78 is 6.10. The molecule has 0 bridgehead atoms. The van der Waals surface area contributed by atoms with Crippen LogP contribution in [0.2, 0.25) is 0 Å². The van der Waals surface area contributed by atoms with Crippen LogP contribution in [0.15, 0.2) is 0 Å². The van der Waals surface area contributed by atoms with Crippen LogP contribution in [0, 0.1) is 0 Å². The SMILES string of the molecule is CC[C@@H](OC(C)(C)C)[C@@H]1CCCN1C. The zero-order valence-electron chi connectivity index (χ0n) is 10.3. The number of likely N-dealkylation sites (N-methyl/N-ethyl adjacent to an activating group) is 1. The van der Waals surface area contributed by atoms with Gasteiger partial charge in [-0.1, -0.05) is 6.92 Å². The molecule has 2 heteroatoms. The molecule has 1 heterocycles. The van der Waals surface area contributed by atoms with Crippen LogP contribution in [0.25, 0.3) is 0 Å². The van der Waals surface area contributed by atoms with E-state index in [9.17, 15) is 0 Å². The zero-order valence-corrected chi connectivity index (χ0v) is 10.3. The lowest BCUT2D eigenvalue weighted by molar-refractivity contribution is -0.0877. The van der Waals surface area contributed by atoms with Crippen molar-refractivity contribution in [2.75, 3.05) is 13.6 Å². The van der Waals surface area contributed by atoms with Crippen molar-refractivity contribution in [3.63, 3.8) is 0 Å². The van der Waals surface area contributed by atoms with Crippen LogP contribution in [0.3, 0.4) is 0 Å². The number of ether oxygens (including phenoxy) is 1. The Bertz CT molecular complexity index is 174. The van der Waals surface area contributed by atoms with Gasteiger partial charge in [-0.05, 0) is 53.6 Å². The van der Waals surface area contributed by atoms with Crippen LogP contribution in [0.4, 0.5) is 0 Å². The Morgan fingerprint density at radius 3 is 2.43 bits per heavy atom. The Kier molecular flexibility index (Phi) is 3.96. The van der Waals surface area contributed by atoms with Crippen LogP contribution in [0.1, 0.15) is 47.0 Å². The molecule has 1 aliphatic heterocycles. The summed E-state index contributed by atoms with van der Waals surface area (Å²) in [5, 5.41) is 0. The molecule has 1 fully saturated rings. The summed E-state index contributed by atoms with van der Waals surface area (Å²) in [6.45, 7) is 9.89. The summed E-state index contributed by atoms with van der Waals surface area (Å²) in [5.41, 5.74) is -0.00981. The van der Waals surface area contributed by atoms with Gasteiger partial charge in [-0.25, -0.2) is 0 Å². The van der Waals surface area contributed by atoms with Crippen molar-refractivity contribution in [3.8, 4) is 0 Å². The number of nitrogens with zero attached hydrogens (tertiary/aromatic N) is 1. The fourth-order valence-electron chi connectivity index (χ4n) is 2.29. The summed E-state index contributed by atoms with van der Waals surface area (Å²) in [4.78, 5) is 2.44. The van der Waals surface area contributed by atoms with Gasteiger partial charge >= 0.3 is 0 Å². The normalized spacial score (nSPS) is 26.8. The van der Waals surface area contributed by atoms with Crippen LogP contribution in [-0.2, 0) is 4.74 Å². The Balaban J connectivity index is 2.53. The second-order valence-electron chi connectivity index (χ2n) is 5.37. The molecule has 0 N–H and O–H groups in total. The van der Waals surface area contributed by atoms with Crippen molar-refractivity contribution in [1.82, 2.24) is 4.90 Å². The van der Waals surface area contributed by atoms with Gasteiger partial charge in [-0.3, -0.25) is 0 Å². The van der Waals surface area contributed by atoms with Crippen molar-refractivity contribution in [2.45, 2.75) is 64.7 Å². The molecule has 0 spiro atoms. The van der Waals surface area contributed by atoms with E-state index in [1.807, 2.05) is 0 Å². The predicted molar refractivity (Wildman–Crippen MR) is 60.6 cm³/mol. The van der Waals surface area contributed by atoms with E-state index in [4.69, 9.17) is 4.74 Å². The molecular formula is C12H25NO. The Morgan fingerprint density at radius 1 is 1.43 bits per heavy atom. The molecule has 14 heavy (non-hydrogen) atoms. The van der Waals surface area contributed by atoms with E-state index < -0.39 is 0 Å². The van der Waals surface area contributed by atoms with Crippen LogP contribution < -0.4 is 0 Å². The van der Waals surface area contributed by atoms with Crippen LogP contribution >= 0.6 is 0 Å². The van der Waals surface area contributed by atoms with Crippen LogP contribution in [-0.4, -0.2) is 36.2 Å². The minimum absolute atomic E-state index is 0.00981.